The van der Waals surface area contributed by atoms with Crippen molar-refractivity contribution in [1.82, 2.24) is 10.2 Å². The topological polar surface area (TPSA) is 105 Å². The van der Waals surface area contributed by atoms with Gasteiger partial charge in [-0.1, -0.05) is 54.1 Å². The van der Waals surface area contributed by atoms with Gasteiger partial charge in [0.05, 0.1) is 24.8 Å². The minimum Gasteiger partial charge on any atom is -0.493 e. The quantitative estimate of drug-likeness (QED) is 0.216. The Morgan fingerprint density at radius 2 is 1.51 bits per heavy atom. The molecule has 0 heterocycles. The van der Waals surface area contributed by atoms with Gasteiger partial charge in [-0.3, -0.25) is 13.9 Å². The highest BCUT2D eigenvalue weighted by Crippen LogP contribution is 2.33. The number of rotatable bonds is 13. The maximum Gasteiger partial charge on any atom is 0.264 e. The average Bonchev–Trinajstić information content (AvgIpc) is 3.06. The zero-order valence-corrected chi connectivity index (χ0v) is 26.5. The third-order valence-electron chi connectivity index (χ3n) is 7.12. The van der Waals surface area contributed by atoms with Crippen molar-refractivity contribution >= 4 is 39.1 Å². The van der Waals surface area contributed by atoms with Crippen LogP contribution in [-0.4, -0.2) is 59.0 Å². The fourth-order valence-electron chi connectivity index (χ4n) is 4.75. The number of ether oxygens (including phenoxy) is 2. The second kappa shape index (κ2) is 14.9. The molecule has 9 nitrogen and oxygen atoms in total. The van der Waals surface area contributed by atoms with Gasteiger partial charge in [0.1, 0.15) is 18.4 Å². The predicted octanol–water partition coefficient (Wildman–Crippen LogP) is 5.08. The molecule has 1 N–H and O–H groups in total. The van der Waals surface area contributed by atoms with Crippen LogP contribution in [0.25, 0.3) is 0 Å². The molecule has 0 aliphatic carbocycles. The van der Waals surface area contributed by atoms with Crippen LogP contribution in [0.3, 0.4) is 0 Å². The summed E-state index contributed by atoms with van der Waals surface area (Å²) in [4.78, 5) is 28.8. The van der Waals surface area contributed by atoms with Gasteiger partial charge in [-0.2, -0.15) is 0 Å². The highest BCUT2D eigenvalue weighted by Gasteiger charge is 2.34. The maximum atomic E-state index is 14.3. The number of sulfonamides is 1. The number of hydrogen-bond donors (Lipinski definition) is 1. The van der Waals surface area contributed by atoms with Crippen molar-refractivity contribution < 1.29 is 31.9 Å². The second-order valence-corrected chi connectivity index (χ2v) is 12.3. The fraction of sp³-hybridized carbons (Fsp3) is 0.212. The van der Waals surface area contributed by atoms with Crippen LogP contribution in [0.4, 0.5) is 10.1 Å². The number of nitrogens with one attached hydrogen (secondary N) is 1. The summed E-state index contributed by atoms with van der Waals surface area (Å²) in [5.41, 5.74) is 1.51. The number of anilines is 1. The Kier molecular flexibility index (Phi) is 11.0. The minimum atomic E-state index is -4.38. The number of nitrogens with zero attached hydrogens (tertiary/aromatic N) is 2. The van der Waals surface area contributed by atoms with E-state index in [1.807, 2.05) is 30.3 Å². The number of benzene rings is 4. The van der Waals surface area contributed by atoms with E-state index in [1.165, 1.54) is 92.9 Å². The van der Waals surface area contributed by atoms with Crippen LogP contribution in [0.2, 0.25) is 5.02 Å². The van der Waals surface area contributed by atoms with Gasteiger partial charge in [0.2, 0.25) is 11.8 Å². The van der Waals surface area contributed by atoms with Crippen LogP contribution in [0, 0.1) is 5.82 Å². The van der Waals surface area contributed by atoms with E-state index in [1.54, 1.807) is 0 Å². The molecule has 0 unspecified atom stereocenters. The lowest BCUT2D eigenvalue weighted by Crippen LogP contribution is -2.53. The lowest BCUT2D eigenvalue weighted by Gasteiger charge is -2.33. The molecule has 4 aromatic carbocycles. The van der Waals surface area contributed by atoms with Crippen LogP contribution < -0.4 is 19.1 Å². The van der Waals surface area contributed by atoms with Crippen molar-refractivity contribution in [3.63, 3.8) is 0 Å². The summed E-state index contributed by atoms with van der Waals surface area (Å²) >= 11 is 6.10. The maximum absolute atomic E-state index is 14.3. The molecule has 0 saturated heterocycles. The molecule has 0 fully saturated rings. The highest BCUT2D eigenvalue weighted by atomic mass is 35.5. The molecule has 1 atom stereocenters. The van der Waals surface area contributed by atoms with Crippen LogP contribution in [0.1, 0.15) is 11.1 Å². The predicted molar refractivity (Wildman–Crippen MR) is 170 cm³/mol. The van der Waals surface area contributed by atoms with Gasteiger partial charge in [-0.15, -0.1) is 0 Å². The van der Waals surface area contributed by atoms with Gasteiger partial charge < -0.3 is 19.7 Å². The van der Waals surface area contributed by atoms with Crippen molar-refractivity contribution in [2.45, 2.75) is 23.9 Å². The summed E-state index contributed by atoms with van der Waals surface area (Å²) in [6.07, 6.45) is 0.150. The van der Waals surface area contributed by atoms with Crippen molar-refractivity contribution in [3.8, 4) is 11.5 Å². The third-order valence-corrected chi connectivity index (χ3v) is 9.14. The monoisotopic (exact) mass is 653 g/mol. The fourth-order valence-corrected chi connectivity index (χ4v) is 6.30. The Bertz CT molecular complexity index is 1720. The van der Waals surface area contributed by atoms with E-state index in [0.717, 1.165) is 9.87 Å². The summed E-state index contributed by atoms with van der Waals surface area (Å²) in [6.45, 7) is -0.753. The van der Waals surface area contributed by atoms with Crippen LogP contribution in [0.5, 0.6) is 11.5 Å². The first-order valence-electron chi connectivity index (χ1n) is 13.9. The Morgan fingerprint density at radius 3 is 2.11 bits per heavy atom. The van der Waals surface area contributed by atoms with E-state index < -0.39 is 40.2 Å². The molecule has 0 aliphatic heterocycles. The molecule has 0 saturated carbocycles. The van der Waals surface area contributed by atoms with Crippen LogP contribution in [-0.2, 0) is 32.6 Å². The Balaban J connectivity index is 1.80. The number of carbonyl (C=O) groups excluding carboxylic acids is 2. The summed E-state index contributed by atoms with van der Waals surface area (Å²) in [7, 11) is -0.112. The number of methoxy groups -OCH3 is 2. The zero-order valence-electron chi connectivity index (χ0n) is 24.9. The van der Waals surface area contributed by atoms with Gasteiger partial charge in [-0.25, -0.2) is 12.8 Å². The van der Waals surface area contributed by atoms with Crippen LogP contribution >= 0.6 is 11.6 Å². The second-order valence-electron chi connectivity index (χ2n) is 9.97. The van der Waals surface area contributed by atoms with E-state index in [9.17, 15) is 22.4 Å². The number of hydrogen-bond acceptors (Lipinski definition) is 6. The van der Waals surface area contributed by atoms with Gasteiger partial charge >= 0.3 is 0 Å². The molecule has 236 valence electrons. The van der Waals surface area contributed by atoms with Crippen molar-refractivity contribution in [1.29, 1.82) is 0 Å². The first-order valence-corrected chi connectivity index (χ1v) is 15.7. The number of halogens is 2. The lowest BCUT2D eigenvalue weighted by atomic mass is 10.0. The highest BCUT2D eigenvalue weighted by molar-refractivity contribution is 7.92. The molecule has 0 radical (unpaired) electrons. The molecule has 0 aromatic heterocycles. The van der Waals surface area contributed by atoms with Crippen LogP contribution in [0.15, 0.2) is 102 Å². The lowest BCUT2D eigenvalue weighted by molar-refractivity contribution is -0.139. The smallest absolute Gasteiger partial charge is 0.264 e. The Hall–Kier alpha value is -4.61. The minimum absolute atomic E-state index is 0.0884. The van der Waals surface area contributed by atoms with Gasteiger partial charge in [0.25, 0.3) is 10.0 Å². The van der Waals surface area contributed by atoms with Crippen molar-refractivity contribution in [3.05, 3.63) is 119 Å². The van der Waals surface area contributed by atoms with Gasteiger partial charge in [-0.05, 0) is 59.7 Å². The molecular formula is C33H33ClFN3O6S. The molecule has 0 spiro atoms. The summed E-state index contributed by atoms with van der Waals surface area (Å²) in [6, 6.07) is 23.8. The molecule has 4 rings (SSSR count). The number of likely N-dealkylation sites (N-methyl/N-ethyl adjacent to an activating group) is 1. The normalized spacial score (nSPS) is 11.8. The SMILES string of the molecule is CNC(=O)[C@H](Cc1ccccc1)N(Cc1ccc(F)cc1)C(=O)CN(c1ccc(Cl)cc1)S(=O)(=O)c1ccc(OC)c(OC)c1. The van der Waals surface area contributed by atoms with Crippen molar-refractivity contribution in [2.75, 3.05) is 32.1 Å². The van der Waals surface area contributed by atoms with Crippen molar-refractivity contribution in [2.24, 2.45) is 0 Å². The molecule has 4 aromatic rings. The molecule has 2 amide bonds. The number of carbonyl (C=O) groups is 2. The first kappa shape index (κ1) is 33.3. The Labute approximate surface area is 267 Å². The molecule has 0 aliphatic rings. The van der Waals surface area contributed by atoms with Gasteiger partial charge in [0, 0.05) is 31.1 Å². The van der Waals surface area contributed by atoms with E-state index in [-0.39, 0.29) is 29.3 Å². The van der Waals surface area contributed by atoms with E-state index in [4.69, 9.17) is 21.1 Å². The summed E-state index contributed by atoms with van der Waals surface area (Å²) in [5, 5.41) is 2.99. The Morgan fingerprint density at radius 1 is 0.867 bits per heavy atom. The average molecular weight is 654 g/mol. The van der Waals surface area contributed by atoms with E-state index >= 15 is 0 Å². The molecule has 12 heteroatoms. The largest absolute Gasteiger partial charge is 0.493 e. The zero-order chi connectivity index (χ0) is 32.6. The molecular weight excluding hydrogens is 621 g/mol. The van der Waals surface area contributed by atoms with E-state index in [0.29, 0.717) is 16.3 Å². The molecule has 45 heavy (non-hydrogen) atoms. The first-order chi connectivity index (χ1) is 21.6. The van der Waals surface area contributed by atoms with E-state index in [2.05, 4.69) is 5.32 Å². The number of amides is 2. The third kappa shape index (κ3) is 8.11. The standard InChI is InChI=1S/C33H33ClFN3O6S/c1-36-33(40)29(19-23-7-5-4-6-8-23)37(21-24-9-13-26(35)14-10-24)32(39)22-38(27-15-11-25(34)12-16-27)45(41,42)28-17-18-30(43-2)31(20-28)44-3/h4-18,20,29H,19,21-22H2,1-3H3,(H,36,40)/t29-/m0/s1. The summed E-state index contributed by atoms with van der Waals surface area (Å²) in [5.74, 6) is -1.07. The summed E-state index contributed by atoms with van der Waals surface area (Å²) < 4.78 is 53.7. The van der Waals surface area contributed by atoms with Gasteiger partial charge in [0.15, 0.2) is 11.5 Å². The molecule has 0 bridgehead atoms.